The average molecular weight is 237 g/mol. The van der Waals surface area contributed by atoms with E-state index >= 15 is 0 Å². The molecule has 0 fully saturated rings. The van der Waals surface area contributed by atoms with Crippen LogP contribution in [0.25, 0.3) is 5.69 Å². The summed E-state index contributed by atoms with van der Waals surface area (Å²) in [5.41, 5.74) is 1.42. The zero-order valence-corrected chi connectivity index (χ0v) is 9.45. The minimum absolute atomic E-state index is 0.514. The van der Waals surface area contributed by atoms with Crippen LogP contribution in [0.3, 0.4) is 0 Å². The molecule has 1 aromatic carbocycles. The Kier molecular flexibility index (Phi) is 3.49. The third kappa shape index (κ3) is 2.68. The van der Waals surface area contributed by atoms with Gasteiger partial charge in [0.05, 0.1) is 11.4 Å². The number of likely N-dealkylation sites (N-methyl/N-ethyl adjacent to an activating group) is 1. The van der Waals surface area contributed by atoms with Crippen LogP contribution >= 0.6 is 0 Å². The predicted octanol–water partition coefficient (Wildman–Crippen LogP) is 1.91. The molecule has 0 aliphatic heterocycles. The van der Waals surface area contributed by atoms with Gasteiger partial charge in [0.1, 0.15) is 0 Å². The minimum atomic E-state index is -0.866. The van der Waals surface area contributed by atoms with E-state index < -0.39 is 11.6 Å². The van der Waals surface area contributed by atoms with E-state index in [-0.39, 0.29) is 0 Å². The first kappa shape index (κ1) is 11.7. The van der Waals surface area contributed by atoms with Gasteiger partial charge in [-0.15, -0.1) is 0 Å². The van der Waals surface area contributed by atoms with Gasteiger partial charge >= 0.3 is 0 Å². The molecule has 0 aliphatic rings. The van der Waals surface area contributed by atoms with Crippen LogP contribution in [0.1, 0.15) is 5.69 Å². The van der Waals surface area contributed by atoms with E-state index in [0.717, 1.165) is 30.8 Å². The number of hydrogen-bond donors (Lipinski definition) is 1. The van der Waals surface area contributed by atoms with Crippen LogP contribution in [0.5, 0.6) is 0 Å². The van der Waals surface area contributed by atoms with Crippen molar-refractivity contribution in [3.05, 3.63) is 47.8 Å². The third-order valence-corrected chi connectivity index (χ3v) is 2.44. The third-order valence-electron chi connectivity index (χ3n) is 2.44. The summed E-state index contributed by atoms with van der Waals surface area (Å²) < 4.78 is 27.4. The number of halogens is 2. The first-order valence-electron chi connectivity index (χ1n) is 5.35. The lowest BCUT2D eigenvalue weighted by molar-refractivity contribution is 0.507. The van der Waals surface area contributed by atoms with E-state index in [0.29, 0.717) is 5.69 Å². The standard InChI is InChI=1S/C12H13F2N3/c1-15-6-4-9-5-7-17(16-9)10-2-3-11(13)12(14)8-10/h2-3,5,7-8,15H,4,6H2,1H3. The van der Waals surface area contributed by atoms with Crippen molar-refractivity contribution < 1.29 is 8.78 Å². The Morgan fingerprint density at radius 3 is 2.76 bits per heavy atom. The van der Waals surface area contributed by atoms with Crippen LogP contribution in [0, 0.1) is 11.6 Å². The molecular formula is C12H13F2N3. The van der Waals surface area contributed by atoms with Gasteiger partial charge in [0.15, 0.2) is 11.6 Å². The van der Waals surface area contributed by atoms with Crippen molar-refractivity contribution in [2.24, 2.45) is 0 Å². The largest absolute Gasteiger partial charge is 0.319 e. The Morgan fingerprint density at radius 2 is 2.06 bits per heavy atom. The van der Waals surface area contributed by atoms with Gasteiger partial charge in [-0.2, -0.15) is 5.10 Å². The molecule has 0 aliphatic carbocycles. The molecule has 1 aromatic heterocycles. The van der Waals surface area contributed by atoms with Crippen LogP contribution in [0.15, 0.2) is 30.5 Å². The first-order valence-corrected chi connectivity index (χ1v) is 5.35. The topological polar surface area (TPSA) is 29.9 Å². The molecule has 0 spiro atoms. The molecule has 17 heavy (non-hydrogen) atoms. The van der Waals surface area contributed by atoms with Gasteiger partial charge in [-0.05, 0) is 25.2 Å². The molecule has 0 atom stereocenters. The molecule has 90 valence electrons. The fourth-order valence-electron chi connectivity index (χ4n) is 1.52. The predicted molar refractivity (Wildman–Crippen MR) is 61.1 cm³/mol. The molecule has 0 amide bonds. The molecule has 2 rings (SSSR count). The summed E-state index contributed by atoms with van der Waals surface area (Å²) >= 11 is 0. The van der Waals surface area contributed by atoms with E-state index in [2.05, 4.69) is 10.4 Å². The van der Waals surface area contributed by atoms with E-state index in [1.165, 1.54) is 10.7 Å². The second-order valence-corrected chi connectivity index (χ2v) is 3.70. The maximum absolute atomic E-state index is 13.0. The van der Waals surface area contributed by atoms with Crippen molar-refractivity contribution in [2.75, 3.05) is 13.6 Å². The van der Waals surface area contributed by atoms with Crippen molar-refractivity contribution in [2.45, 2.75) is 6.42 Å². The Labute approximate surface area is 98.1 Å². The Morgan fingerprint density at radius 1 is 1.24 bits per heavy atom. The number of hydrogen-bond acceptors (Lipinski definition) is 2. The van der Waals surface area contributed by atoms with Crippen molar-refractivity contribution >= 4 is 0 Å². The molecule has 0 unspecified atom stereocenters. The Bertz CT molecular complexity index is 508. The van der Waals surface area contributed by atoms with Gasteiger partial charge in [0, 0.05) is 25.2 Å². The van der Waals surface area contributed by atoms with Crippen LogP contribution in [-0.4, -0.2) is 23.4 Å². The molecular weight excluding hydrogens is 224 g/mol. The van der Waals surface area contributed by atoms with Crippen LogP contribution < -0.4 is 5.32 Å². The van der Waals surface area contributed by atoms with Gasteiger partial charge in [-0.3, -0.25) is 0 Å². The van der Waals surface area contributed by atoms with Gasteiger partial charge in [-0.1, -0.05) is 0 Å². The van der Waals surface area contributed by atoms with E-state index in [4.69, 9.17) is 0 Å². The number of rotatable bonds is 4. The van der Waals surface area contributed by atoms with Crippen molar-refractivity contribution in [1.29, 1.82) is 0 Å². The highest BCUT2D eigenvalue weighted by Gasteiger charge is 2.05. The molecule has 0 saturated carbocycles. The van der Waals surface area contributed by atoms with Gasteiger partial charge in [-0.25, -0.2) is 13.5 Å². The monoisotopic (exact) mass is 237 g/mol. The average Bonchev–Trinajstić information content (AvgIpc) is 2.79. The summed E-state index contributed by atoms with van der Waals surface area (Å²) in [6.07, 6.45) is 2.53. The van der Waals surface area contributed by atoms with Crippen molar-refractivity contribution in [3.63, 3.8) is 0 Å². The minimum Gasteiger partial charge on any atom is -0.319 e. The summed E-state index contributed by atoms with van der Waals surface area (Å²) in [6.45, 7) is 0.828. The lowest BCUT2D eigenvalue weighted by Crippen LogP contribution is -2.10. The molecule has 0 bridgehead atoms. The summed E-state index contributed by atoms with van der Waals surface area (Å²) in [5.74, 6) is -1.72. The normalized spacial score (nSPS) is 10.8. The highest BCUT2D eigenvalue weighted by Crippen LogP contribution is 2.12. The first-order chi connectivity index (χ1) is 8.20. The molecule has 0 radical (unpaired) electrons. The fourth-order valence-corrected chi connectivity index (χ4v) is 1.52. The molecule has 3 nitrogen and oxygen atoms in total. The highest BCUT2D eigenvalue weighted by molar-refractivity contribution is 5.32. The second-order valence-electron chi connectivity index (χ2n) is 3.70. The summed E-state index contributed by atoms with van der Waals surface area (Å²) in [7, 11) is 1.87. The van der Waals surface area contributed by atoms with Crippen molar-refractivity contribution in [3.8, 4) is 5.69 Å². The number of benzene rings is 1. The fraction of sp³-hybridized carbons (Fsp3) is 0.250. The summed E-state index contributed by atoms with van der Waals surface area (Å²) in [4.78, 5) is 0. The summed E-state index contributed by atoms with van der Waals surface area (Å²) in [6, 6.07) is 5.58. The smallest absolute Gasteiger partial charge is 0.160 e. The zero-order chi connectivity index (χ0) is 12.3. The van der Waals surface area contributed by atoms with Crippen LogP contribution in [-0.2, 0) is 6.42 Å². The van der Waals surface area contributed by atoms with E-state index in [1.807, 2.05) is 13.1 Å². The lowest BCUT2D eigenvalue weighted by Gasteiger charge is -2.01. The van der Waals surface area contributed by atoms with Crippen LogP contribution in [0.4, 0.5) is 8.78 Å². The number of aromatic nitrogens is 2. The Hall–Kier alpha value is -1.75. The molecule has 1 N–H and O–H groups in total. The zero-order valence-electron chi connectivity index (χ0n) is 9.45. The van der Waals surface area contributed by atoms with Gasteiger partial charge in [0.25, 0.3) is 0 Å². The molecule has 2 aromatic rings. The lowest BCUT2D eigenvalue weighted by atomic mass is 10.3. The maximum atomic E-state index is 13.0. The van der Waals surface area contributed by atoms with E-state index in [1.54, 1.807) is 6.20 Å². The van der Waals surface area contributed by atoms with Gasteiger partial charge in [0.2, 0.25) is 0 Å². The molecule has 1 heterocycles. The Balaban J connectivity index is 2.21. The number of nitrogens with one attached hydrogen (secondary N) is 1. The van der Waals surface area contributed by atoms with E-state index in [9.17, 15) is 8.78 Å². The number of nitrogens with zero attached hydrogens (tertiary/aromatic N) is 2. The van der Waals surface area contributed by atoms with Crippen LogP contribution in [0.2, 0.25) is 0 Å². The SMILES string of the molecule is CNCCc1ccn(-c2ccc(F)c(F)c2)n1. The molecule has 5 heteroatoms. The second kappa shape index (κ2) is 5.05. The maximum Gasteiger partial charge on any atom is 0.160 e. The summed E-state index contributed by atoms with van der Waals surface area (Å²) in [5, 5.41) is 7.30. The highest BCUT2D eigenvalue weighted by atomic mass is 19.2. The quantitative estimate of drug-likeness (QED) is 0.880. The molecule has 0 saturated heterocycles. The van der Waals surface area contributed by atoms with Crippen molar-refractivity contribution in [1.82, 2.24) is 15.1 Å². The van der Waals surface area contributed by atoms with Gasteiger partial charge < -0.3 is 5.32 Å².